The molecule has 0 unspecified atom stereocenters. The molecule has 9 rings (SSSR count). The summed E-state index contributed by atoms with van der Waals surface area (Å²) in [7, 11) is 0. The second-order valence-electron chi connectivity index (χ2n) is 20.8. The third-order valence-corrected chi connectivity index (χ3v) is 12.6. The molecule has 0 amide bonds. The maximum Gasteiger partial charge on any atom is 0.135 e. The number of fused-ring (bicyclic) bond motifs is 3. The van der Waals surface area contributed by atoms with Crippen LogP contribution < -0.4 is 14.5 Å². The van der Waals surface area contributed by atoms with Gasteiger partial charge in [0.2, 0.25) is 0 Å². The van der Waals surface area contributed by atoms with Crippen molar-refractivity contribution in [1.29, 1.82) is 0 Å². The number of para-hydroxylation sites is 1. The molecule has 6 aromatic carbocycles. The van der Waals surface area contributed by atoms with E-state index < -0.39 is 0 Å². The molecule has 3 heterocycles. The monoisotopic (exact) mass is 1030 g/mol. The average Bonchev–Trinajstić information content (AvgIpc) is 3.87. The van der Waals surface area contributed by atoms with Crippen LogP contribution in [-0.2, 0) is 37.3 Å². The molecule has 1 aliphatic heterocycles. The zero-order chi connectivity index (χ0) is 45.2. The molecule has 0 atom stereocenters. The number of pyridine rings is 1. The predicted molar refractivity (Wildman–Crippen MR) is 267 cm³/mol. The summed E-state index contributed by atoms with van der Waals surface area (Å²) in [5.74, 6) is 2.07. The molecule has 0 fully saturated rings. The number of hydrogen-bond acceptors (Lipinski definition) is 4. The van der Waals surface area contributed by atoms with E-state index in [4.69, 9.17) is 9.72 Å². The first-order chi connectivity index (χ1) is 30.4. The van der Waals surface area contributed by atoms with Crippen molar-refractivity contribution in [2.75, 3.05) is 9.80 Å². The molecular weight excluding hydrogens is 976 g/mol. The number of aromatic nitrogens is 2. The fraction of sp³-hybridized carbons (Fsp3) is 0.254. The zero-order valence-electron chi connectivity index (χ0n) is 39.5. The molecule has 1 aliphatic rings. The number of rotatable bonds is 8. The van der Waals surface area contributed by atoms with E-state index in [1.807, 2.05) is 18.3 Å². The Morgan fingerprint density at radius 2 is 1.25 bits per heavy atom. The molecule has 0 saturated heterocycles. The van der Waals surface area contributed by atoms with Gasteiger partial charge in [0.25, 0.3) is 0 Å². The first-order valence-electron chi connectivity index (χ1n) is 22.4. The number of ether oxygens (including phenoxy) is 1. The summed E-state index contributed by atoms with van der Waals surface area (Å²) in [5.41, 5.74) is 11.8. The molecule has 0 N–H and O–H groups in total. The molecule has 0 bridgehead atoms. The molecule has 334 valence electrons. The van der Waals surface area contributed by atoms with Crippen molar-refractivity contribution in [2.45, 2.75) is 92.4 Å². The standard InChI is InChI=1S/C59H59N4O.Pt/c1-56(2,3)43-29-30-60-54(34-43)63-51-28-19-18-27-49(51)55-50(59(10,11)42-23-16-13-17-24-42)36-48(37-52(55)63)64-47-26-20-25-45(35-47)61-38-53(58(7,8)9)62(39-61)46-32-41(40-21-14-12-15-22-40)31-44(33-46)57(4,5)6;/h12-34,36,38-39H,1-11H3;/q-3;. The van der Waals surface area contributed by atoms with Crippen LogP contribution in [0.1, 0.15) is 98.4 Å². The van der Waals surface area contributed by atoms with E-state index in [1.54, 1.807) is 0 Å². The first kappa shape index (κ1) is 45.7. The van der Waals surface area contributed by atoms with E-state index in [1.165, 1.54) is 33.5 Å². The van der Waals surface area contributed by atoms with Gasteiger partial charge in [-0.1, -0.05) is 172 Å². The Kier molecular flexibility index (Phi) is 12.0. The quantitative estimate of drug-likeness (QED) is 0.142. The van der Waals surface area contributed by atoms with Gasteiger partial charge in [-0.2, -0.15) is 6.07 Å². The Labute approximate surface area is 401 Å². The van der Waals surface area contributed by atoms with Crippen LogP contribution >= 0.6 is 0 Å². The molecule has 2 aromatic heterocycles. The first-order valence-corrected chi connectivity index (χ1v) is 22.4. The summed E-state index contributed by atoms with van der Waals surface area (Å²) < 4.78 is 9.18. The summed E-state index contributed by atoms with van der Waals surface area (Å²) in [6.45, 7) is 27.2. The normalized spacial score (nSPS) is 13.6. The van der Waals surface area contributed by atoms with Crippen molar-refractivity contribution in [3.63, 3.8) is 0 Å². The molecule has 0 radical (unpaired) electrons. The van der Waals surface area contributed by atoms with Crippen LogP contribution in [-0.4, -0.2) is 9.55 Å². The summed E-state index contributed by atoms with van der Waals surface area (Å²) >= 11 is 0. The van der Waals surface area contributed by atoms with Gasteiger partial charge in [-0.05, 0) is 86.0 Å². The van der Waals surface area contributed by atoms with Crippen LogP contribution in [0.25, 0.3) is 38.8 Å². The Morgan fingerprint density at radius 3 is 1.94 bits per heavy atom. The number of benzene rings is 6. The van der Waals surface area contributed by atoms with Crippen molar-refractivity contribution in [3.8, 4) is 28.4 Å². The fourth-order valence-electron chi connectivity index (χ4n) is 8.84. The maximum atomic E-state index is 6.93. The van der Waals surface area contributed by atoms with E-state index in [0.717, 1.165) is 44.6 Å². The molecule has 5 nitrogen and oxygen atoms in total. The Morgan fingerprint density at radius 1 is 0.569 bits per heavy atom. The minimum absolute atomic E-state index is 0. The number of allylic oxidation sites excluding steroid dienone is 1. The third kappa shape index (κ3) is 8.93. The van der Waals surface area contributed by atoms with Gasteiger partial charge in [-0.3, -0.25) is 0 Å². The van der Waals surface area contributed by atoms with Crippen molar-refractivity contribution in [2.24, 2.45) is 5.41 Å². The van der Waals surface area contributed by atoms with Crippen LogP contribution in [0.15, 0.2) is 158 Å². The zero-order valence-corrected chi connectivity index (χ0v) is 41.8. The predicted octanol–water partition coefficient (Wildman–Crippen LogP) is 15.5. The van der Waals surface area contributed by atoms with Crippen LogP contribution in [0.3, 0.4) is 0 Å². The topological polar surface area (TPSA) is 33.5 Å². The molecule has 0 aliphatic carbocycles. The molecular formula is C59H59N4OPt-3. The van der Waals surface area contributed by atoms with Crippen molar-refractivity contribution >= 4 is 33.2 Å². The summed E-state index contributed by atoms with van der Waals surface area (Å²) in [6.07, 6.45) is 4.16. The van der Waals surface area contributed by atoms with Gasteiger partial charge in [0.05, 0.1) is 0 Å². The Hall–Kier alpha value is -5.90. The van der Waals surface area contributed by atoms with E-state index in [2.05, 4.69) is 243 Å². The van der Waals surface area contributed by atoms with Gasteiger partial charge in [0.15, 0.2) is 0 Å². The fourth-order valence-corrected chi connectivity index (χ4v) is 8.84. The van der Waals surface area contributed by atoms with Crippen LogP contribution in [0.2, 0.25) is 0 Å². The molecule has 0 saturated carbocycles. The van der Waals surface area contributed by atoms with Crippen LogP contribution in [0.4, 0.5) is 11.4 Å². The Bertz CT molecular complexity index is 3030. The van der Waals surface area contributed by atoms with Gasteiger partial charge < -0.3 is 19.1 Å². The van der Waals surface area contributed by atoms with E-state index >= 15 is 0 Å². The minimum atomic E-state index is -0.388. The van der Waals surface area contributed by atoms with Crippen molar-refractivity contribution < 1.29 is 25.8 Å². The SMILES string of the molecule is CC(C)(C)C1=CN(c2[c-]c(Oc3[c-]c4c(c(C(C)(C)c5ccccc5)c3)c3ccccc3n4-c3cc(C(C)(C)C)ccn3)ccc2)[CH-]N1c1cc(-c2ccccc2)cc(C(C)(C)C)c1.[Pt]. The van der Waals surface area contributed by atoms with Crippen molar-refractivity contribution in [1.82, 2.24) is 9.55 Å². The van der Waals surface area contributed by atoms with E-state index in [-0.39, 0.29) is 42.7 Å². The van der Waals surface area contributed by atoms with E-state index in [0.29, 0.717) is 11.5 Å². The summed E-state index contributed by atoms with van der Waals surface area (Å²) in [5, 5.41) is 2.28. The van der Waals surface area contributed by atoms with Crippen molar-refractivity contribution in [3.05, 3.63) is 199 Å². The molecule has 8 aromatic rings. The molecule has 6 heteroatoms. The number of hydrogen-bond donors (Lipinski definition) is 0. The Balaban J connectivity index is 0.00000576. The average molecular weight is 1040 g/mol. The number of anilines is 2. The molecule has 65 heavy (non-hydrogen) atoms. The largest absolute Gasteiger partial charge is 0.509 e. The summed E-state index contributed by atoms with van der Waals surface area (Å²) in [4.78, 5) is 9.49. The maximum absolute atomic E-state index is 6.93. The smallest absolute Gasteiger partial charge is 0.135 e. The van der Waals surface area contributed by atoms with Gasteiger partial charge >= 0.3 is 0 Å². The summed E-state index contributed by atoms with van der Waals surface area (Å²) in [6, 6.07) is 57.1. The second-order valence-corrected chi connectivity index (χ2v) is 20.8. The van der Waals surface area contributed by atoms with Crippen LogP contribution in [0, 0.1) is 24.2 Å². The van der Waals surface area contributed by atoms with Gasteiger partial charge in [0, 0.05) is 61.1 Å². The van der Waals surface area contributed by atoms with Gasteiger partial charge in [0.1, 0.15) is 5.82 Å². The van der Waals surface area contributed by atoms with E-state index in [9.17, 15) is 0 Å². The van der Waals surface area contributed by atoms with Gasteiger partial charge in [-0.15, -0.1) is 48.3 Å². The van der Waals surface area contributed by atoms with Crippen LogP contribution in [0.5, 0.6) is 11.5 Å². The second kappa shape index (κ2) is 17.1. The number of nitrogens with zero attached hydrogens (tertiary/aromatic N) is 4. The minimum Gasteiger partial charge on any atom is -0.509 e. The van der Waals surface area contributed by atoms with Gasteiger partial charge in [-0.25, -0.2) is 4.98 Å². The third-order valence-electron chi connectivity index (χ3n) is 12.6. The molecule has 0 spiro atoms.